The van der Waals surface area contributed by atoms with E-state index in [1.165, 1.54) is 16.6 Å². The molecule has 0 spiro atoms. The second-order valence-corrected chi connectivity index (χ2v) is 5.11. The number of aryl methyl sites for hydroxylation is 1. The first-order valence-electron chi connectivity index (χ1n) is 6.84. The van der Waals surface area contributed by atoms with Gasteiger partial charge in [-0.15, -0.1) is 0 Å². The molecule has 1 N–H and O–H groups in total. The molecule has 4 heteroatoms. The number of nitrogens with zero attached hydrogens (tertiary/aromatic N) is 2. The lowest BCUT2D eigenvalue weighted by atomic mass is 10.2. The molecule has 2 aromatic rings. The number of rotatable bonds is 3. The molecule has 0 amide bonds. The van der Waals surface area contributed by atoms with E-state index in [0.29, 0.717) is 0 Å². The molecule has 0 saturated carbocycles. The maximum atomic E-state index is 5.45. The standard InChI is InChI=1S/C15H21N3O/c1-17-12(11-18-8-6-16-7-9-18)10-13-14(17)4-3-5-15(13)19-2/h3-5,10,16H,6-9,11H2,1-2H3. The average molecular weight is 259 g/mol. The third-order valence-electron chi connectivity index (χ3n) is 3.96. The summed E-state index contributed by atoms with van der Waals surface area (Å²) >= 11 is 0. The minimum absolute atomic E-state index is 0.958. The number of methoxy groups -OCH3 is 1. The van der Waals surface area contributed by atoms with Crippen molar-refractivity contribution in [2.75, 3.05) is 33.3 Å². The Hall–Kier alpha value is -1.52. The van der Waals surface area contributed by atoms with Crippen molar-refractivity contribution < 1.29 is 4.74 Å². The van der Waals surface area contributed by atoms with Gasteiger partial charge in [0.1, 0.15) is 5.75 Å². The van der Waals surface area contributed by atoms with E-state index in [2.05, 4.69) is 40.0 Å². The minimum Gasteiger partial charge on any atom is -0.496 e. The Morgan fingerprint density at radius 3 is 2.79 bits per heavy atom. The Morgan fingerprint density at radius 2 is 2.05 bits per heavy atom. The van der Waals surface area contributed by atoms with Crippen molar-refractivity contribution in [3.63, 3.8) is 0 Å². The van der Waals surface area contributed by atoms with Crippen molar-refractivity contribution >= 4 is 10.9 Å². The monoisotopic (exact) mass is 259 g/mol. The van der Waals surface area contributed by atoms with Crippen LogP contribution in [0.3, 0.4) is 0 Å². The van der Waals surface area contributed by atoms with Gasteiger partial charge in [0.05, 0.1) is 12.6 Å². The number of ether oxygens (including phenoxy) is 1. The number of hydrogen-bond donors (Lipinski definition) is 1. The third kappa shape index (κ3) is 2.33. The molecule has 1 aromatic carbocycles. The summed E-state index contributed by atoms with van der Waals surface area (Å²) in [5.74, 6) is 0.958. The van der Waals surface area contributed by atoms with Crippen molar-refractivity contribution in [3.05, 3.63) is 30.0 Å². The van der Waals surface area contributed by atoms with E-state index >= 15 is 0 Å². The fourth-order valence-corrected chi connectivity index (χ4v) is 2.82. The van der Waals surface area contributed by atoms with E-state index in [1.54, 1.807) is 7.11 Å². The highest BCUT2D eigenvalue weighted by Gasteiger charge is 2.14. The molecule has 1 fully saturated rings. The fourth-order valence-electron chi connectivity index (χ4n) is 2.82. The molecule has 102 valence electrons. The van der Waals surface area contributed by atoms with Crippen LogP contribution in [0.1, 0.15) is 5.69 Å². The molecule has 19 heavy (non-hydrogen) atoms. The molecule has 3 rings (SSSR count). The normalized spacial score (nSPS) is 16.9. The second-order valence-electron chi connectivity index (χ2n) is 5.11. The number of aromatic nitrogens is 1. The van der Waals surface area contributed by atoms with Crippen molar-refractivity contribution in [1.29, 1.82) is 0 Å². The minimum atomic E-state index is 0.958. The average Bonchev–Trinajstić information content (AvgIpc) is 2.77. The fraction of sp³-hybridized carbons (Fsp3) is 0.467. The summed E-state index contributed by atoms with van der Waals surface area (Å²) in [6.45, 7) is 5.44. The molecule has 0 bridgehead atoms. The van der Waals surface area contributed by atoms with Crippen LogP contribution in [0.25, 0.3) is 10.9 Å². The molecule has 1 aromatic heterocycles. The highest BCUT2D eigenvalue weighted by Crippen LogP contribution is 2.28. The zero-order valence-corrected chi connectivity index (χ0v) is 11.6. The van der Waals surface area contributed by atoms with Crippen LogP contribution >= 0.6 is 0 Å². The molecule has 1 aliphatic heterocycles. The molecule has 2 heterocycles. The lowest BCUT2D eigenvalue weighted by molar-refractivity contribution is 0.229. The zero-order chi connectivity index (χ0) is 13.2. The van der Waals surface area contributed by atoms with Crippen LogP contribution in [0.5, 0.6) is 5.75 Å². The first kappa shape index (κ1) is 12.5. The van der Waals surface area contributed by atoms with Crippen LogP contribution in [0.15, 0.2) is 24.3 Å². The molecule has 1 saturated heterocycles. The van der Waals surface area contributed by atoms with Gasteiger partial charge in [0.25, 0.3) is 0 Å². The van der Waals surface area contributed by atoms with Crippen molar-refractivity contribution in [1.82, 2.24) is 14.8 Å². The summed E-state index contributed by atoms with van der Waals surface area (Å²) in [4.78, 5) is 2.50. The zero-order valence-electron chi connectivity index (χ0n) is 11.6. The molecule has 4 nitrogen and oxygen atoms in total. The van der Waals surface area contributed by atoms with Crippen molar-refractivity contribution in [3.8, 4) is 5.75 Å². The Kier molecular flexibility index (Phi) is 3.44. The smallest absolute Gasteiger partial charge is 0.128 e. The van der Waals surface area contributed by atoms with Crippen LogP contribution in [0.4, 0.5) is 0 Å². The highest BCUT2D eigenvalue weighted by molar-refractivity contribution is 5.87. The van der Waals surface area contributed by atoms with E-state index in [-0.39, 0.29) is 0 Å². The summed E-state index contributed by atoms with van der Waals surface area (Å²) in [5.41, 5.74) is 2.59. The predicted octanol–water partition coefficient (Wildman–Crippen LogP) is 1.59. The highest BCUT2D eigenvalue weighted by atomic mass is 16.5. The largest absolute Gasteiger partial charge is 0.496 e. The molecular formula is C15H21N3O. The Labute approximate surface area is 114 Å². The van der Waals surface area contributed by atoms with Gasteiger partial charge in [-0.05, 0) is 18.2 Å². The summed E-state index contributed by atoms with van der Waals surface area (Å²) in [5, 5.41) is 4.60. The van der Waals surface area contributed by atoms with Gasteiger partial charge in [-0.2, -0.15) is 0 Å². The van der Waals surface area contributed by atoms with Crippen LogP contribution in [0.2, 0.25) is 0 Å². The molecule has 0 unspecified atom stereocenters. The molecule has 0 aliphatic carbocycles. The summed E-state index contributed by atoms with van der Waals surface area (Å²) in [7, 11) is 3.87. The molecular weight excluding hydrogens is 238 g/mol. The molecule has 0 radical (unpaired) electrons. The van der Waals surface area contributed by atoms with Crippen LogP contribution in [-0.4, -0.2) is 42.8 Å². The van der Waals surface area contributed by atoms with Gasteiger partial charge >= 0.3 is 0 Å². The quantitative estimate of drug-likeness (QED) is 0.908. The van der Waals surface area contributed by atoms with Crippen molar-refractivity contribution in [2.45, 2.75) is 6.54 Å². The van der Waals surface area contributed by atoms with Gasteiger partial charge in [0, 0.05) is 50.9 Å². The Morgan fingerprint density at radius 1 is 1.26 bits per heavy atom. The van der Waals surface area contributed by atoms with E-state index in [0.717, 1.165) is 38.5 Å². The first-order chi connectivity index (χ1) is 9.29. The van der Waals surface area contributed by atoms with E-state index in [4.69, 9.17) is 4.74 Å². The van der Waals surface area contributed by atoms with Gasteiger partial charge in [-0.25, -0.2) is 0 Å². The van der Waals surface area contributed by atoms with Crippen LogP contribution < -0.4 is 10.1 Å². The van der Waals surface area contributed by atoms with Gasteiger partial charge in [0.15, 0.2) is 0 Å². The predicted molar refractivity (Wildman–Crippen MR) is 77.6 cm³/mol. The summed E-state index contributed by atoms with van der Waals surface area (Å²) < 4.78 is 7.73. The van der Waals surface area contributed by atoms with E-state index < -0.39 is 0 Å². The summed E-state index contributed by atoms with van der Waals surface area (Å²) in [6.07, 6.45) is 0. The Bertz CT molecular complexity index is 570. The number of nitrogens with one attached hydrogen (secondary N) is 1. The summed E-state index contributed by atoms with van der Waals surface area (Å²) in [6, 6.07) is 8.49. The van der Waals surface area contributed by atoms with Gasteiger partial charge in [0.2, 0.25) is 0 Å². The maximum absolute atomic E-state index is 5.45. The number of benzene rings is 1. The molecule has 1 aliphatic rings. The second kappa shape index (κ2) is 5.23. The van der Waals surface area contributed by atoms with Crippen molar-refractivity contribution in [2.24, 2.45) is 7.05 Å². The van der Waals surface area contributed by atoms with Gasteiger partial charge < -0.3 is 14.6 Å². The molecule has 0 atom stereocenters. The lowest BCUT2D eigenvalue weighted by Gasteiger charge is -2.27. The topological polar surface area (TPSA) is 29.4 Å². The number of piperazine rings is 1. The number of fused-ring (bicyclic) bond motifs is 1. The van der Waals surface area contributed by atoms with Crippen LogP contribution in [0, 0.1) is 0 Å². The van der Waals surface area contributed by atoms with E-state index in [1.807, 2.05) is 6.07 Å². The van der Waals surface area contributed by atoms with Gasteiger partial charge in [-0.1, -0.05) is 6.07 Å². The number of hydrogen-bond acceptors (Lipinski definition) is 3. The third-order valence-corrected chi connectivity index (χ3v) is 3.96. The maximum Gasteiger partial charge on any atom is 0.128 e. The van der Waals surface area contributed by atoms with E-state index in [9.17, 15) is 0 Å². The lowest BCUT2D eigenvalue weighted by Crippen LogP contribution is -2.43. The Balaban J connectivity index is 1.93. The van der Waals surface area contributed by atoms with Crippen LogP contribution in [-0.2, 0) is 13.6 Å². The first-order valence-corrected chi connectivity index (χ1v) is 6.84. The SMILES string of the molecule is COc1cccc2c1cc(CN1CCNCC1)n2C. The van der Waals surface area contributed by atoms with Gasteiger partial charge in [-0.3, -0.25) is 4.90 Å².